The number of nitrogens with zero attached hydrogens (tertiary/aromatic N) is 3. The number of pyridine rings is 1. The highest BCUT2D eigenvalue weighted by molar-refractivity contribution is 8.00. The predicted molar refractivity (Wildman–Crippen MR) is 100 cm³/mol. The van der Waals surface area contributed by atoms with E-state index in [4.69, 9.17) is 5.73 Å². The number of aromatic hydroxyl groups is 1. The van der Waals surface area contributed by atoms with Crippen LogP contribution in [0.4, 0.5) is 23.8 Å². The monoisotopic (exact) mass is 425 g/mol. The van der Waals surface area contributed by atoms with Gasteiger partial charge in [-0.05, 0) is 53.7 Å². The molecule has 0 aliphatic heterocycles. The van der Waals surface area contributed by atoms with Crippen molar-refractivity contribution in [2.75, 3.05) is 5.32 Å². The third-order valence-electron chi connectivity index (χ3n) is 3.69. The summed E-state index contributed by atoms with van der Waals surface area (Å²) in [7, 11) is 0. The van der Waals surface area contributed by atoms with E-state index in [-0.39, 0.29) is 40.6 Å². The van der Waals surface area contributed by atoms with E-state index < -0.39 is 17.2 Å². The zero-order chi connectivity index (χ0) is 21.2. The molecular formula is C17H14F3N5O3S. The van der Waals surface area contributed by atoms with E-state index in [0.717, 1.165) is 4.57 Å². The molecule has 2 heterocycles. The largest absolute Gasteiger partial charge is 0.493 e. The molecule has 3 aromatic rings. The molecule has 0 saturated carbocycles. The Morgan fingerprint density at radius 1 is 1.24 bits per heavy atom. The van der Waals surface area contributed by atoms with Crippen LogP contribution in [0, 0.1) is 0 Å². The number of nitrogens with one attached hydrogen (secondary N) is 1. The Bertz CT molecular complexity index is 1090. The smallest absolute Gasteiger partial charge is 0.446 e. The quantitative estimate of drug-likeness (QED) is 0.544. The Morgan fingerprint density at radius 2 is 1.93 bits per heavy atom. The van der Waals surface area contributed by atoms with Crippen LogP contribution < -0.4 is 16.7 Å². The van der Waals surface area contributed by atoms with Crippen LogP contribution in [0.2, 0.25) is 0 Å². The van der Waals surface area contributed by atoms with Crippen LogP contribution in [0.15, 0.2) is 58.5 Å². The average Bonchev–Trinajstić information content (AvgIpc) is 2.88. The number of benzene rings is 1. The first-order chi connectivity index (χ1) is 13.6. The number of urea groups is 1. The number of halogens is 3. The van der Waals surface area contributed by atoms with Gasteiger partial charge in [0.25, 0.3) is 0 Å². The van der Waals surface area contributed by atoms with E-state index in [1.165, 1.54) is 47.3 Å². The van der Waals surface area contributed by atoms with Crippen molar-refractivity contribution in [2.45, 2.75) is 16.9 Å². The van der Waals surface area contributed by atoms with Crippen LogP contribution in [0.5, 0.6) is 5.88 Å². The standard InChI is InChI=1S/C17H14F3N5O3S/c18-17(19,20)29-12-3-1-11(2-4-12)25-14(26)9-24(16(25)28)8-10-5-6-22-13(7-10)23-15(21)27/h1-7,9,26H,8H2,(H3,21,22,23,27). The lowest BCUT2D eigenvalue weighted by Crippen LogP contribution is -2.23. The number of anilines is 1. The molecule has 2 aromatic heterocycles. The average molecular weight is 425 g/mol. The summed E-state index contributed by atoms with van der Waals surface area (Å²) >= 11 is -0.274. The van der Waals surface area contributed by atoms with E-state index in [1.807, 2.05) is 0 Å². The van der Waals surface area contributed by atoms with Gasteiger partial charge in [0.15, 0.2) is 0 Å². The van der Waals surface area contributed by atoms with E-state index in [2.05, 4.69) is 10.3 Å². The van der Waals surface area contributed by atoms with Crippen molar-refractivity contribution in [3.05, 3.63) is 64.8 Å². The van der Waals surface area contributed by atoms with Crippen LogP contribution in [-0.2, 0) is 6.54 Å². The van der Waals surface area contributed by atoms with E-state index >= 15 is 0 Å². The Morgan fingerprint density at radius 3 is 2.55 bits per heavy atom. The van der Waals surface area contributed by atoms with Gasteiger partial charge in [-0.1, -0.05) is 0 Å². The van der Waals surface area contributed by atoms with Crippen LogP contribution in [0.25, 0.3) is 5.69 Å². The summed E-state index contributed by atoms with van der Waals surface area (Å²) in [6, 6.07) is 7.36. The number of primary amides is 1. The highest BCUT2D eigenvalue weighted by atomic mass is 32.2. The second kappa shape index (κ2) is 7.91. The summed E-state index contributed by atoms with van der Waals surface area (Å²) in [5, 5.41) is 12.5. The van der Waals surface area contributed by atoms with Crippen LogP contribution in [0.1, 0.15) is 5.56 Å². The molecule has 0 radical (unpaired) electrons. The molecule has 12 heteroatoms. The van der Waals surface area contributed by atoms with Gasteiger partial charge < -0.3 is 10.8 Å². The van der Waals surface area contributed by atoms with Crippen molar-refractivity contribution >= 4 is 23.6 Å². The summed E-state index contributed by atoms with van der Waals surface area (Å²) in [5.41, 5.74) is 0.829. The van der Waals surface area contributed by atoms with Gasteiger partial charge in [-0.25, -0.2) is 19.1 Å². The molecule has 0 aliphatic carbocycles. The summed E-state index contributed by atoms with van der Waals surface area (Å²) < 4.78 is 39.5. The molecule has 0 saturated heterocycles. The summed E-state index contributed by atoms with van der Waals surface area (Å²) in [5.74, 6) is -0.180. The molecule has 0 aliphatic rings. The van der Waals surface area contributed by atoms with Crippen molar-refractivity contribution < 1.29 is 23.1 Å². The van der Waals surface area contributed by atoms with Crippen molar-refractivity contribution in [3.63, 3.8) is 0 Å². The number of hydrogen-bond donors (Lipinski definition) is 3. The molecule has 152 valence electrons. The third kappa shape index (κ3) is 5.10. The van der Waals surface area contributed by atoms with Gasteiger partial charge in [0.1, 0.15) is 5.82 Å². The maximum Gasteiger partial charge on any atom is 0.446 e. The topological polar surface area (TPSA) is 115 Å². The van der Waals surface area contributed by atoms with Gasteiger partial charge in [0.05, 0.1) is 18.4 Å². The Kier molecular flexibility index (Phi) is 5.55. The van der Waals surface area contributed by atoms with Crippen LogP contribution in [0.3, 0.4) is 0 Å². The predicted octanol–water partition coefficient (Wildman–Crippen LogP) is 2.89. The van der Waals surface area contributed by atoms with Gasteiger partial charge in [-0.15, -0.1) is 0 Å². The normalized spacial score (nSPS) is 11.4. The SMILES string of the molecule is NC(=O)Nc1cc(Cn2cc(O)n(-c3ccc(SC(F)(F)F)cc3)c2=O)ccn1. The fourth-order valence-corrected chi connectivity index (χ4v) is 3.13. The molecule has 0 fully saturated rings. The van der Waals surface area contributed by atoms with Crippen LogP contribution >= 0.6 is 11.8 Å². The molecule has 0 atom stereocenters. The first-order valence-electron chi connectivity index (χ1n) is 8.01. The molecule has 0 unspecified atom stereocenters. The van der Waals surface area contributed by atoms with E-state index in [9.17, 15) is 27.9 Å². The zero-order valence-electron chi connectivity index (χ0n) is 14.6. The van der Waals surface area contributed by atoms with Crippen molar-refractivity contribution in [1.82, 2.24) is 14.1 Å². The summed E-state index contributed by atoms with van der Waals surface area (Å²) in [4.78, 5) is 27.4. The molecule has 3 rings (SSSR count). The number of thioether (sulfide) groups is 1. The van der Waals surface area contributed by atoms with Gasteiger partial charge >= 0.3 is 17.2 Å². The molecular weight excluding hydrogens is 411 g/mol. The molecule has 0 spiro atoms. The fraction of sp³-hybridized carbons (Fsp3) is 0.118. The lowest BCUT2D eigenvalue weighted by molar-refractivity contribution is -0.0328. The first kappa shape index (κ1) is 20.3. The minimum absolute atomic E-state index is 0.0421. The number of carbonyl (C=O) groups is 1. The summed E-state index contributed by atoms with van der Waals surface area (Å²) in [6.07, 6.45) is 2.61. The Balaban J connectivity index is 1.86. The number of carbonyl (C=O) groups excluding carboxylic acids is 1. The maximum absolute atomic E-state index is 12.6. The van der Waals surface area contributed by atoms with Gasteiger partial charge in [0.2, 0.25) is 5.88 Å². The van der Waals surface area contributed by atoms with E-state index in [0.29, 0.717) is 5.56 Å². The van der Waals surface area contributed by atoms with Crippen LogP contribution in [-0.4, -0.2) is 30.8 Å². The first-order valence-corrected chi connectivity index (χ1v) is 8.83. The fourth-order valence-electron chi connectivity index (χ4n) is 2.60. The second-order valence-electron chi connectivity index (χ2n) is 5.81. The number of aromatic nitrogens is 3. The number of alkyl halides is 3. The highest BCUT2D eigenvalue weighted by Gasteiger charge is 2.29. The number of rotatable bonds is 5. The molecule has 4 N–H and O–H groups in total. The molecule has 29 heavy (non-hydrogen) atoms. The Labute approximate surface area is 165 Å². The lowest BCUT2D eigenvalue weighted by Gasteiger charge is -2.07. The Hall–Kier alpha value is -3.41. The highest BCUT2D eigenvalue weighted by Crippen LogP contribution is 2.37. The van der Waals surface area contributed by atoms with Crippen molar-refractivity contribution in [1.29, 1.82) is 0 Å². The molecule has 8 nitrogen and oxygen atoms in total. The number of nitrogens with two attached hydrogens (primary N) is 1. The number of hydrogen-bond acceptors (Lipinski definition) is 5. The molecule has 0 bridgehead atoms. The van der Waals surface area contributed by atoms with Gasteiger partial charge in [-0.2, -0.15) is 13.2 Å². The minimum Gasteiger partial charge on any atom is -0.493 e. The van der Waals surface area contributed by atoms with E-state index in [1.54, 1.807) is 6.07 Å². The lowest BCUT2D eigenvalue weighted by atomic mass is 10.2. The zero-order valence-corrected chi connectivity index (χ0v) is 15.4. The minimum atomic E-state index is -4.42. The summed E-state index contributed by atoms with van der Waals surface area (Å²) in [6.45, 7) is 0.0529. The maximum atomic E-state index is 12.6. The number of imidazole rings is 1. The number of amides is 2. The molecule has 2 amide bonds. The van der Waals surface area contributed by atoms with Crippen molar-refractivity contribution in [2.24, 2.45) is 5.73 Å². The second-order valence-corrected chi connectivity index (χ2v) is 6.95. The van der Waals surface area contributed by atoms with Gasteiger partial charge in [0, 0.05) is 11.1 Å². The van der Waals surface area contributed by atoms with Gasteiger partial charge in [-0.3, -0.25) is 9.88 Å². The third-order valence-corrected chi connectivity index (χ3v) is 4.43. The molecule has 1 aromatic carbocycles. The van der Waals surface area contributed by atoms with Crippen molar-refractivity contribution in [3.8, 4) is 11.6 Å².